The van der Waals surface area contributed by atoms with Gasteiger partial charge in [0.1, 0.15) is 12.4 Å². The van der Waals surface area contributed by atoms with E-state index in [0.717, 1.165) is 17.7 Å². The van der Waals surface area contributed by atoms with Gasteiger partial charge in [-0.1, -0.05) is 6.07 Å². The molecular weight excluding hydrogens is 218 g/mol. The fourth-order valence-corrected chi connectivity index (χ4v) is 2.30. The second-order valence-corrected chi connectivity index (χ2v) is 4.74. The van der Waals surface area contributed by atoms with Crippen molar-refractivity contribution in [1.29, 1.82) is 0 Å². The molecule has 0 spiro atoms. The van der Waals surface area contributed by atoms with Crippen LogP contribution in [0, 0.1) is 0 Å². The zero-order valence-electron chi connectivity index (χ0n) is 9.48. The van der Waals surface area contributed by atoms with Crippen molar-refractivity contribution in [2.24, 2.45) is 0 Å². The number of aromatic carboxylic acids is 1. The van der Waals surface area contributed by atoms with E-state index in [2.05, 4.69) is 5.32 Å². The molecule has 90 valence electrons. The molecule has 1 aliphatic carbocycles. The number of hydrogen-bond donors (Lipinski definition) is 2. The number of ether oxygens (including phenoxy) is 1. The summed E-state index contributed by atoms with van der Waals surface area (Å²) in [6.45, 7) is 0.632. The first-order valence-corrected chi connectivity index (χ1v) is 5.98. The molecule has 1 atom stereocenters. The highest BCUT2D eigenvalue weighted by atomic mass is 16.5. The third-order valence-corrected chi connectivity index (χ3v) is 3.30. The van der Waals surface area contributed by atoms with E-state index < -0.39 is 5.97 Å². The number of fused-ring (bicyclic) bond motifs is 1. The Hall–Kier alpha value is -1.55. The quantitative estimate of drug-likeness (QED) is 0.829. The van der Waals surface area contributed by atoms with Crippen LogP contribution in [0.1, 0.15) is 28.8 Å². The van der Waals surface area contributed by atoms with E-state index in [-0.39, 0.29) is 6.04 Å². The predicted octanol–water partition coefficient (Wildman–Crippen LogP) is 1.44. The standard InChI is InChI=1S/C13H15NO3/c15-13(16)10-2-1-3-12-11(10)6-9(7-17-12)14-8-4-5-8/h1-3,8-9,14H,4-7H2,(H,15,16). The summed E-state index contributed by atoms with van der Waals surface area (Å²) in [5.74, 6) is -0.156. The Morgan fingerprint density at radius 1 is 1.35 bits per heavy atom. The molecule has 1 aromatic carbocycles. The van der Waals surface area contributed by atoms with Gasteiger partial charge in [0, 0.05) is 17.6 Å². The minimum absolute atomic E-state index is 0.246. The molecule has 0 amide bonds. The summed E-state index contributed by atoms with van der Waals surface area (Å²) in [7, 11) is 0. The van der Waals surface area contributed by atoms with Crippen molar-refractivity contribution < 1.29 is 14.6 Å². The molecule has 17 heavy (non-hydrogen) atoms. The van der Waals surface area contributed by atoms with E-state index in [9.17, 15) is 4.79 Å². The summed E-state index contributed by atoms with van der Waals surface area (Å²) in [5, 5.41) is 12.6. The molecule has 0 saturated heterocycles. The van der Waals surface area contributed by atoms with Crippen LogP contribution in [0.25, 0.3) is 0 Å². The summed E-state index contributed by atoms with van der Waals surface area (Å²) in [5.41, 5.74) is 1.19. The van der Waals surface area contributed by atoms with Crippen molar-refractivity contribution in [3.8, 4) is 5.75 Å². The van der Waals surface area contributed by atoms with Crippen molar-refractivity contribution in [2.75, 3.05) is 6.61 Å². The number of hydrogen-bond acceptors (Lipinski definition) is 3. The van der Waals surface area contributed by atoms with Gasteiger partial charge < -0.3 is 15.2 Å². The molecule has 2 aliphatic rings. The lowest BCUT2D eigenvalue weighted by molar-refractivity contribution is 0.0693. The highest BCUT2D eigenvalue weighted by molar-refractivity contribution is 5.90. The minimum Gasteiger partial charge on any atom is -0.492 e. The Morgan fingerprint density at radius 2 is 2.18 bits per heavy atom. The van der Waals surface area contributed by atoms with Crippen LogP contribution < -0.4 is 10.1 Å². The van der Waals surface area contributed by atoms with E-state index in [0.29, 0.717) is 18.2 Å². The lowest BCUT2D eigenvalue weighted by atomic mass is 9.97. The summed E-state index contributed by atoms with van der Waals surface area (Å²) in [4.78, 5) is 11.1. The molecule has 1 aliphatic heterocycles. The average Bonchev–Trinajstić information content (AvgIpc) is 3.12. The van der Waals surface area contributed by atoms with Crippen LogP contribution in [-0.2, 0) is 6.42 Å². The Kier molecular flexibility index (Phi) is 2.52. The third kappa shape index (κ3) is 2.13. The maximum Gasteiger partial charge on any atom is 0.336 e. The van der Waals surface area contributed by atoms with Gasteiger partial charge in [-0.05, 0) is 31.4 Å². The Labute approximate surface area is 99.6 Å². The zero-order valence-corrected chi connectivity index (χ0v) is 9.48. The number of carbonyl (C=O) groups is 1. The predicted molar refractivity (Wildman–Crippen MR) is 62.5 cm³/mol. The fraction of sp³-hybridized carbons (Fsp3) is 0.462. The number of nitrogens with one attached hydrogen (secondary N) is 1. The first-order valence-electron chi connectivity index (χ1n) is 5.98. The van der Waals surface area contributed by atoms with E-state index in [4.69, 9.17) is 9.84 Å². The molecule has 1 unspecified atom stereocenters. The van der Waals surface area contributed by atoms with Gasteiger partial charge in [0.15, 0.2) is 0 Å². The first-order chi connectivity index (χ1) is 8.24. The first kappa shape index (κ1) is 10.6. The summed E-state index contributed by atoms with van der Waals surface area (Å²) in [6.07, 6.45) is 3.20. The summed E-state index contributed by atoms with van der Waals surface area (Å²) in [6, 6.07) is 6.08. The topological polar surface area (TPSA) is 58.6 Å². The fourth-order valence-electron chi connectivity index (χ4n) is 2.30. The third-order valence-electron chi connectivity index (χ3n) is 3.30. The van der Waals surface area contributed by atoms with Gasteiger partial charge in [0.25, 0.3) is 0 Å². The molecule has 1 heterocycles. The van der Waals surface area contributed by atoms with E-state index in [1.165, 1.54) is 12.8 Å². The number of rotatable bonds is 3. The van der Waals surface area contributed by atoms with E-state index in [1.807, 2.05) is 6.07 Å². The highest BCUT2D eigenvalue weighted by Gasteiger charge is 2.29. The zero-order chi connectivity index (χ0) is 11.8. The van der Waals surface area contributed by atoms with Crippen LogP contribution in [0.4, 0.5) is 0 Å². The molecular formula is C13H15NO3. The van der Waals surface area contributed by atoms with Gasteiger partial charge in [-0.2, -0.15) is 0 Å². The van der Waals surface area contributed by atoms with Crippen molar-refractivity contribution >= 4 is 5.97 Å². The molecule has 1 fully saturated rings. The van der Waals surface area contributed by atoms with E-state index in [1.54, 1.807) is 12.1 Å². The summed E-state index contributed by atoms with van der Waals surface area (Å²) < 4.78 is 5.63. The molecule has 1 aromatic rings. The molecule has 4 nitrogen and oxygen atoms in total. The largest absolute Gasteiger partial charge is 0.492 e. The Balaban J connectivity index is 1.85. The number of carboxylic acids is 1. The average molecular weight is 233 g/mol. The van der Waals surface area contributed by atoms with Crippen LogP contribution in [0.3, 0.4) is 0 Å². The molecule has 2 N–H and O–H groups in total. The van der Waals surface area contributed by atoms with Crippen LogP contribution in [0.15, 0.2) is 18.2 Å². The minimum atomic E-state index is -0.877. The van der Waals surface area contributed by atoms with Gasteiger partial charge >= 0.3 is 5.97 Å². The molecule has 3 rings (SSSR count). The van der Waals surface area contributed by atoms with Crippen LogP contribution in [0.5, 0.6) is 5.75 Å². The van der Waals surface area contributed by atoms with Gasteiger partial charge in [-0.15, -0.1) is 0 Å². The van der Waals surface area contributed by atoms with Crippen molar-refractivity contribution in [3.63, 3.8) is 0 Å². The molecule has 0 aromatic heterocycles. The Bertz CT molecular complexity index is 454. The van der Waals surface area contributed by atoms with Gasteiger partial charge in [-0.3, -0.25) is 0 Å². The van der Waals surface area contributed by atoms with Crippen LogP contribution >= 0.6 is 0 Å². The molecule has 0 radical (unpaired) electrons. The second-order valence-electron chi connectivity index (χ2n) is 4.74. The van der Waals surface area contributed by atoms with Gasteiger partial charge in [0.2, 0.25) is 0 Å². The molecule has 1 saturated carbocycles. The normalized spacial score (nSPS) is 22.7. The van der Waals surface area contributed by atoms with E-state index >= 15 is 0 Å². The second kappa shape index (κ2) is 4.04. The lowest BCUT2D eigenvalue weighted by Gasteiger charge is -2.27. The Morgan fingerprint density at radius 3 is 2.88 bits per heavy atom. The lowest BCUT2D eigenvalue weighted by Crippen LogP contribution is -2.41. The maximum atomic E-state index is 11.1. The summed E-state index contributed by atoms with van der Waals surface area (Å²) >= 11 is 0. The monoisotopic (exact) mass is 233 g/mol. The van der Waals surface area contributed by atoms with Crippen molar-refractivity contribution in [1.82, 2.24) is 5.32 Å². The number of carboxylic acid groups (broad SMARTS) is 1. The van der Waals surface area contributed by atoms with Gasteiger partial charge in [-0.25, -0.2) is 4.79 Å². The van der Waals surface area contributed by atoms with Crippen molar-refractivity contribution in [3.05, 3.63) is 29.3 Å². The highest BCUT2D eigenvalue weighted by Crippen LogP contribution is 2.29. The van der Waals surface area contributed by atoms with Crippen LogP contribution in [0.2, 0.25) is 0 Å². The maximum absolute atomic E-state index is 11.1. The van der Waals surface area contributed by atoms with Crippen molar-refractivity contribution in [2.45, 2.75) is 31.3 Å². The SMILES string of the molecule is O=C(O)c1cccc2c1CC(NC1CC1)CO2. The molecule has 0 bridgehead atoms. The van der Waals surface area contributed by atoms with Gasteiger partial charge in [0.05, 0.1) is 5.56 Å². The number of benzene rings is 1. The smallest absolute Gasteiger partial charge is 0.336 e. The molecule has 4 heteroatoms. The van der Waals surface area contributed by atoms with Crippen LogP contribution in [-0.4, -0.2) is 29.8 Å².